The van der Waals surface area contributed by atoms with Crippen LogP contribution in [-0.2, 0) is 13.3 Å². The number of hydrogen-bond donors (Lipinski definition) is 1. The molecule has 0 saturated heterocycles. The molecule has 0 fully saturated rings. The monoisotopic (exact) mass is 358 g/mol. The minimum Gasteiger partial charge on any atom is -0.377 e. The van der Waals surface area contributed by atoms with Crippen molar-refractivity contribution in [1.82, 2.24) is 0 Å². The van der Waals surface area contributed by atoms with E-state index in [1.165, 1.54) is 25.7 Å². The summed E-state index contributed by atoms with van der Waals surface area (Å²) in [7, 11) is 2.62. The topological polar surface area (TPSA) is 27.7 Å². The highest BCUT2D eigenvalue weighted by Gasteiger charge is 2.36. The van der Waals surface area contributed by atoms with E-state index in [0.29, 0.717) is 5.25 Å². The molecule has 6 heteroatoms. The number of rotatable bonds is 12. The lowest BCUT2D eigenvalue weighted by Crippen LogP contribution is -2.42. The normalized spacial score (nSPS) is 13.8. The molecule has 0 radical (unpaired) electrons. The quantitative estimate of drug-likeness (QED) is 0.248. The Balaban J connectivity index is 3.68. The Bertz CT molecular complexity index is 186. The third-order valence-corrected chi connectivity index (χ3v) is 7.03. The standard InChI is InChI=1S/C12H27BrO3SSi/c1-14-18(15-2,16-3)11-7-9-12(17)8-5-4-6-10-13/h12,17H,4-11H2,1-3H3. The molecule has 0 aliphatic carbocycles. The molecule has 0 aliphatic rings. The van der Waals surface area contributed by atoms with Gasteiger partial charge in [0.2, 0.25) is 0 Å². The van der Waals surface area contributed by atoms with Crippen LogP contribution >= 0.6 is 28.6 Å². The molecule has 0 N–H and O–H groups in total. The average Bonchev–Trinajstić information content (AvgIpc) is 2.40. The highest BCUT2D eigenvalue weighted by atomic mass is 79.9. The lowest BCUT2D eigenvalue weighted by atomic mass is 10.1. The molecular weight excluding hydrogens is 332 g/mol. The molecule has 0 saturated carbocycles. The fourth-order valence-electron chi connectivity index (χ4n) is 1.91. The summed E-state index contributed by atoms with van der Waals surface area (Å²) in [6.45, 7) is 0. The highest BCUT2D eigenvalue weighted by molar-refractivity contribution is 9.09. The lowest BCUT2D eigenvalue weighted by Gasteiger charge is -2.24. The summed E-state index contributed by atoms with van der Waals surface area (Å²) in [5.41, 5.74) is 0. The van der Waals surface area contributed by atoms with Crippen LogP contribution in [0.2, 0.25) is 6.04 Å². The minimum absolute atomic E-state index is 0.484. The number of halogens is 1. The van der Waals surface area contributed by atoms with Gasteiger partial charge < -0.3 is 13.3 Å². The summed E-state index contributed by atoms with van der Waals surface area (Å²) < 4.78 is 16.2. The van der Waals surface area contributed by atoms with Crippen molar-refractivity contribution in [3.05, 3.63) is 0 Å². The van der Waals surface area contributed by atoms with Gasteiger partial charge in [-0.2, -0.15) is 12.6 Å². The Labute approximate surface area is 127 Å². The van der Waals surface area contributed by atoms with Crippen molar-refractivity contribution in [3.8, 4) is 0 Å². The Morgan fingerprint density at radius 2 is 1.50 bits per heavy atom. The number of thiol groups is 1. The second kappa shape index (κ2) is 11.7. The van der Waals surface area contributed by atoms with Gasteiger partial charge in [0.1, 0.15) is 0 Å². The molecule has 110 valence electrons. The van der Waals surface area contributed by atoms with Gasteiger partial charge in [-0.1, -0.05) is 28.8 Å². The van der Waals surface area contributed by atoms with Crippen LogP contribution < -0.4 is 0 Å². The van der Waals surface area contributed by atoms with Gasteiger partial charge in [0.15, 0.2) is 0 Å². The van der Waals surface area contributed by atoms with Crippen molar-refractivity contribution >= 4 is 37.4 Å². The molecule has 3 nitrogen and oxygen atoms in total. The molecule has 1 atom stereocenters. The van der Waals surface area contributed by atoms with Gasteiger partial charge in [-0.25, -0.2) is 0 Å². The molecule has 1 unspecified atom stereocenters. The molecule has 0 spiro atoms. The van der Waals surface area contributed by atoms with Crippen LogP contribution in [-0.4, -0.2) is 40.7 Å². The van der Waals surface area contributed by atoms with E-state index in [1.54, 1.807) is 21.3 Å². The molecule has 0 aromatic heterocycles. The van der Waals surface area contributed by atoms with Gasteiger partial charge in [-0.3, -0.25) is 0 Å². The first-order valence-corrected chi connectivity index (χ1v) is 10.1. The second-order valence-corrected chi connectivity index (χ2v) is 8.99. The molecule has 0 aromatic rings. The third-order valence-electron chi connectivity index (χ3n) is 3.12. The van der Waals surface area contributed by atoms with Crippen LogP contribution in [0, 0.1) is 0 Å². The maximum Gasteiger partial charge on any atom is 0.500 e. The first-order valence-electron chi connectivity index (χ1n) is 6.53. The number of unbranched alkanes of at least 4 members (excludes halogenated alkanes) is 2. The van der Waals surface area contributed by atoms with Crippen molar-refractivity contribution in [2.75, 3.05) is 26.7 Å². The summed E-state index contributed by atoms with van der Waals surface area (Å²) in [6, 6.07) is 0.870. The predicted octanol–water partition coefficient (Wildman–Crippen LogP) is 3.90. The van der Waals surface area contributed by atoms with Crippen LogP contribution in [0.15, 0.2) is 0 Å². The van der Waals surface area contributed by atoms with Gasteiger partial charge in [-0.05, 0) is 25.7 Å². The van der Waals surface area contributed by atoms with Crippen LogP contribution in [0.3, 0.4) is 0 Å². The fraction of sp³-hybridized carbons (Fsp3) is 1.00. The summed E-state index contributed by atoms with van der Waals surface area (Å²) in [5, 5.41) is 1.59. The zero-order chi connectivity index (χ0) is 13.9. The van der Waals surface area contributed by atoms with Crippen LogP contribution in [0.1, 0.15) is 38.5 Å². The summed E-state index contributed by atoms with van der Waals surface area (Å²) >= 11 is 8.08. The Hall–Kier alpha value is 0.927. The Kier molecular flexibility index (Phi) is 12.3. The smallest absolute Gasteiger partial charge is 0.377 e. The molecule has 0 bridgehead atoms. The summed E-state index contributed by atoms with van der Waals surface area (Å²) in [6.07, 6.45) is 7.15. The zero-order valence-corrected chi connectivity index (χ0v) is 15.3. The maximum atomic E-state index is 5.40. The number of hydrogen-bond acceptors (Lipinski definition) is 4. The first-order chi connectivity index (χ1) is 8.64. The van der Waals surface area contributed by atoms with Gasteiger partial charge in [0.05, 0.1) is 0 Å². The largest absolute Gasteiger partial charge is 0.500 e. The first kappa shape index (κ1) is 18.9. The fourth-order valence-corrected chi connectivity index (χ4v) is 4.42. The van der Waals surface area contributed by atoms with Crippen molar-refractivity contribution in [2.45, 2.75) is 49.8 Å². The molecule has 0 amide bonds. The Morgan fingerprint density at radius 1 is 0.944 bits per heavy atom. The highest BCUT2D eigenvalue weighted by Crippen LogP contribution is 2.21. The van der Waals surface area contributed by atoms with Crippen LogP contribution in [0.5, 0.6) is 0 Å². The lowest BCUT2D eigenvalue weighted by molar-refractivity contribution is 0.123. The van der Waals surface area contributed by atoms with Gasteiger partial charge in [0, 0.05) is 38.0 Å². The number of alkyl halides is 1. The average molecular weight is 359 g/mol. The van der Waals surface area contributed by atoms with Crippen molar-refractivity contribution in [3.63, 3.8) is 0 Å². The molecule has 0 aromatic carbocycles. The molecule has 0 heterocycles. The van der Waals surface area contributed by atoms with Crippen molar-refractivity contribution < 1.29 is 13.3 Å². The van der Waals surface area contributed by atoms with E-state index in [4.69, 9.17) is 13.3 Å². The predicted molar refractivity (Wildman–Crippen MR) is 85.9 cm³/mol. The molecule has 18 heavy (non-hydrogen) atoms. The van der Waals surface area contributed by atoms with E-state index in [1.807, 2.05) is 0 Å². The van der Waals surface area contributed by atoms with E-state index in [9.17, 15) is 0 Å². The van der Waals surface area contributed by atoms with Crippen molar-refractivity contribution in [1.29, 1.82) is 0 Å². The minimum atomic E-state index is -2.37. The molecule has 0 aliphatic heterocycles. The third kappa shape index (κ3) is 8.17. The van der Waals surface area contributed by atoms with Crippen LogP contribution in [0.25, 0.3) is 0 Å². The van der Waals surface area contributed by atoms with E-state index >= 15 is 0 Å². The zero-order valence-electron chi connectivity index (χ0n) is 11.8. The van der Waals surface area contributed by atoms with Crippen LogP contribution in [0.4, 0.5) is 0 Å². The van der Waals surface area contributed by atoms with Gasteiger partial charge in [-0.15, -0.1) is 0 Å². The van der Waals surface area contributed by atoms with Crippen molar-refractivity contribution in [2.24, 2.45) is 0 Å². The van der Waals surface area contributed by atoms with E-state index in [-0.39, 0.29) is 0 Å². The SMILES string of the molecule is CO[Si](CCCC(S)CCCCCBr)(OC)OC. The van der Waals surface area contributed by atoms with Gasteiger partial charge >= 0.3 is 8.80 Å². The summed E-state index contributed by atoms with van der Waals surface area (Å²) in [5.74, 6) is 0. The Morgan fingerprint density at radius 3 is 2.00 bits per heavy atom. The maximum absolute atomic E-state index is 5.40. The molecule has 0 rings (SSSR count). The van der Waals surface area contributed by atoms with E-state index < -0.39 is 8.80 Å². The van der Waals surface area contributed by atoms with E-state index in [2.05, 4.69) is 28.6 Å². The van der Waals surface area contributed by atoms with E-state index in [0.717, 1.165) is 24.2 Å². The summed E-state index contributed by atoms with van der Waals surface area (Å²) in [4.78, 5) is 0. The second-order valence-electron chi connectivity index (χ2n) is 4.38. The molecular formula is C12H27BrO3SSi. The van der Waals surface area contributed by atoms with Gasteiger partial charge in [0.25, 0.3) is 0 Å².